The average Bonchev–Trinajstić information content (AvgIpc) is 2.41. The lowest BCUT2D eigenvalue weighted by atomic mass is 9.70. The van der Waals surface area contributed by atoms with Gasteiger partial charge in [0.15, 0.2) is 0 Å². The van der Waals surface area contributed by atoms with Crippen molar-refractivity contribution in [2.75, 3.05) is 13.6 Å². The summed E-state index contributed by atoms with van der Waals surface area (Å²) < 4.78 is 0. The third kappa shape index (κ3) is 3.35. The second-order valence-corrected chi connectivity index (χ2v) is 5.94. The molecule has 1 fully saturated rings. The molecule has 0 aromatic heterocycles. The van der Waals surface area contributed by atoms with Crippen LogP contribution in [0.25, 0.3) is 0 Å². The summed E-state index contributed by atoms with van der Waals surface area (Å²) in [5, 5.41) is 3.42. The number of rotatable bonds is 5. The van der Waals surface area contributed by atoms with Crippen molar-refractivity contribution in [3.05, 3.63) is 35.4 Å². The minimum atomic E-state index is 0.515. The predicted octanol–water partition coefficient (Wildman–Crippen LogP) is 3.96. The van der Waals surface area contributed by atoms with Gasteiger partial charge in [0, 0.05) is 6.54 Å². The molecule has 0 heterocycles. The first-order valence-corrected chi connectivity index (χ1v) is 7.50. The molecule has 0 amide bonds. The third-order valence-corrected chi connectivity index (χ3v) is 4.48. The van der Waals surface area contributed by atoms with E-state index in [1.165, 1.54) is 56.2 Å². The Morgan fingerprint density at radius 2 is 1.61 bits per heavy atom. The Hall–Kier alpha value is -0.820. The largest absolute Gasteiger partial charge is 0.319 e. The highest BCUT2D eigenvalue weighted by Gasteiger charge is 2.31. The van der Waals surface area contributed by atoms with Crippen molar-refractivity contribution in [2.45, 2.75) is 51.9 Å². The van der Waals surface area contributed by atoms with E-state index < -0.39 is 0 Å². The van der Waals surface area contributed by atoms with Crippen LogP contribution in [-0.2, 0) is 12.8 Å². The Kier molecular flexibility index (Phi) is 4.82. The van der Waals surface area contributed by atoms with Gasteiger partial charge in [-0.3, -0.25) is 0 Å². The maximum Gasteiger partial charge on any atom is 0.000799 e. The summed E-state index contributed by atoms with van der Waals surface area (Å²) in [5.41, 5.74) is 3.48. The molecule has 1 aromatic carbocycles. The summed E-state index contributed by atoms with van der Waals surface area (Å²) in [5.74, 6) is 0. The molecule has 18 heavy (non-hydrogen) atoms. The highest BCUT2D eigenvalue weighted by atomic mass is 14.8. The van der Waals surface area contributed by atoms with Crippen molar-refractivity contribution in [3.8, 4) is 0 Å². The predicted molar refractivity (Wildman–Crippen MR) is 79.0 cm³/mol. The van der Waals surface area contributed by atoms with Crippen LogP contribution in [0.3, 0.4) is 0 Å². The third-order valence-electron chi connectivity index (χ3n) is 4.48. The minimum absolute atomic E-state index is 0.515. The van der Waals surface area contributed by atoms with Gasteiger partial charge < -0.3 is 5.32 Å². The van der Waals surface area contributed by atoms with Crippen LogP contribution in [0.1, 0.15) is 50.2 Å². The molecule has 0 aliphatic heterocycles. The first kappa shape index (κ1) is 13.6. The zero-order valence-electron chi connectivity index (χ0n) is 12.0. The van der Waals surface area contributed by atoms with Gasteiger partial charge in [-0.15, -0.1) is 0 Å². The van der Waals surface area contributed by atoms with E-state index in [4.69, 9.17) is 0 Å². The van der Waals surface area contributed by atoms with Crippen LogP contribution in [0.4, 0.5) is 0 Å². The summed E-state index contributed by atoms with van der Waals surface area (Å²) in [6, 6.07) is 9.27. The zero-order chi connectivity index (χ0) is 12.8. The Bertz CT molecular complexity index is 341. The van der Waals surface area contributed by atoms with Gasteiger partial charge in [0.1, 0.15) is 0 Å². The monoisotopic (exact) mass is 245 g/mol. The highest BCUT2D eigenvalue weighted by Crippen LogP contribution is 2.38. The first-order valence-electron chi connectivity index (χ1n) is 7.50. The van der Waals surface area contributed by atoms with Gasteiger partial charge in [-0.2, -0.15) is 0 Å². The molecule has 0 saturated heterocycles. The van der Waals surface area contributed by atoms with Gasteiger partial charge in [-0.25, -0.2) is 0 Å². The van der Waals surface area contributed by atoms with Gasteiger partial charge in [-0.05, 0) is 49.3 Å². The highest BCUT2D eigenvalue weighted by molar-refractivity contribution is 5.23. The summed E-state index contributed by atoms with van der Waals surface area (Å²) in [6.07, 6.45) is 9.43. The summed E-state index contributed by atoms with van der Waals surface area (Å²) in [6.45, 7) is 3.39. The number of hydrogen-bond donors (Lipinski definition) is 1. The van der Waals surface area contributed by atoms with Crippen LogP contribution in [0, 0.1) is 5.41 Å². The van der Waals surface area contributed by atoms with Crippen molar-refractivity contribution in [3.63, 3.8) is 0 Å². The molecule has 0 unspecified atom stereocenters. The number of nitrogens with one attached hydrogen (secondary N) is 1. The van der Waals surface area contributed by atoms with Crippen LogP contribution < -0.4 is 5.32 Å². The minimum Gasteiger partial charge on any atom is -0.319 e. The quantitative estimate of drug-likeness (QED) is 0.828. The second-order valence-electron chi connectivity index (χ2n) is 5.94. The molecular formula is C17H27N. The SMILES string of the molecule is CCc1ccc(CC2(CNC)CCCCC2)cc1. The molecule has 1 aliphatic carbocycles. The molecule has 0 radical (unpaired) electrons. The normalized spacial score (nSPS) is 18.8. The first-order chi connectivity index (χ1) is 8.78. The Morgan fingerprint density at radius 3 is 2.17 bits per heavy atom. The maximum absolute atomic E-state index is 3.42. The smallest absolute Gasteiger partial charge is 0.000799 e. The van der Waals surface area contributed by atoms with Gasteiger partial charge >= 0.3 is 0 Å². The topological polar surface area (TPSA) is 12.0 Å². The number of benzene rings is 1. The number of hydrogen-bond acceptors (Lipinski definition) is 1. The average molecular weight is 245 g/mol. The Morgan fingerprint density at radius 1 is 1.00 bits per heavy atom. The second kappa shape index (κ2) is 6.38. The Balaban J connectivity index is 2.07. The van der Waals surface area contributed by atoms with Crippen LogP contribution in [0.15, 0.2) is 24.3 Å². The Labute approximate surface area is 112 Å². The molecule has 2 rings (SSSR count). The lowest BCUT2D eigenvalue weighted by molar-refractivity contribution is 0.185. The van der Waals surface area contributed by atoms with E-state index in [9.17, 15) is 0 Å². The fraction of sp³-hybridized carbons (Fsp3) is 0.647. The standard InChI is InChI=1S/C17H27N/c1-3-15-7-9-16(10-8-15)13-17(14-18-2)11-5-4-6-12-17/h7-10,18H,3-6,11-14H2,1-2H3. The van der Waals surface area contributed by atoms with Crippen molar-refractivity contribution >= 4 is 0 Å². The summed E-state index contributed by atoms with van der Waals surface area (Å²) in [7, 11) is 2.09. The van der Waals surface area contributed by atoms with E-state index in [1.807, 2.05) is 0 Å². The molecule has 1 aromatic rings. The molecule has 0 spiro atoms. The van der Waals surface area contributed by atoms with E-state index in [2.05, 4.69) is 43.6 Å². The van der Waals surface area contributed by atoms with Crippen LogP contribution in [-0.4, -0.2) is 13.6 Å². The molecule has 1 saturated carbocycles. The molecule has 0 atom stereocenters. The summed E-state index contributed by atoms with van der Waals surface area (Å²) in [4.78, 5) is 0. The molecular weight excluding hydrogens is 218 g/mol. The van der Waals surface area contributed by atoms with Crippen LogP contribution >= 0.6 is 0 Å². The van der Waals surface area contributed by atoms with Crippen molar-refractivity contribution in [1.82, 2.24) is 5.32 Å². The molecule has 1 heteroatoms. The number of aryl methyl sites for hydroxylation is 1. The van der Waals surface area contributed by atoms with Gasteiger partial charge in [0.05, 0.1) is 0 Å². The van der Waals surface area contributed by atoms with Gasteiger partial charge in [-0.1, -0.05) is 50.5 Å². The van der Waals surface area contributed by atoms with E-state index >= 15 is 0 Å². The van der Waals surface area contributed by atoms with Gasteiger partial charge in [0.2, 0.25) is 0 Å². The molecule has 100 valence electrons. The van der Waals surface area contributed by atoms with Crippen molar-refractivity contribution in [1.29, 1.82) is 0 Å². The lowest BCUT2D eigenvalue weighted by Crippen LogP contribution is -2.36. The van der Waals surface area contributed by atoms with Crippen LogP contribution in [0.5, 0.6) is 0 Å². The van der Waals surface area contributed by atoms with E-state index in [1.54, 1.807) is 0 Å². The van der Waals surface area contributed by atoms with E-state index in [0.29, 0.717) is 5.41 Å². The van der Waals surface area contributed by atoms with E-state index in [0.717, 1.165) is 6.42 Å². The fourth-order valence-electron chi connectivity index (χ4n) is 3.42. The molecule has 1 nitrogen and oxygen atoms in total. The zero-order valence-corrected chi connectivity index (χ0v) is 12.0. The molecule has 1 N–H and O–H groups in total. The molecule has 0 bridgehead atoms. The van der Waals surface area contributed by atoms with Gasteiger partial charge in [0.25, 0.3) is 0 Å². The van der Waals surface area contributed by atoms with Crippen molar-refractivity contribution in [2.24, 2.45) is 5.41 Å². The van der Waals surface area contributed by atoms with Crippen LogP contribution in [0.2, 0.25) is 0 Å². The molecule has 1 aliphatic rings. The van der Waals surface area contributed by atoms with Crippen molar-refractivity contribution < 1.29 is 0 Å². The fourth-order valence-corrected chi connectivity index (χ4v) is 3.42. The summed E-state index contributed by atoms with van der Waals surface area (Å²) >= 11 is 0. The maximum atomic E-state index is 3.42. The van der Waals surface area contributed by atoms with E-state index in [-0.39, 0.29) is 0 Å². The lowest BCUT2D eigenvalue weighted by Gasteiger charge is -2.37.